The first-order valence-electron chi connectivity index (χ1n) is 3.11. The predicted octanol–water partition coefficient (Wildman–Crippen LogP) is 0.486. The van der Waals surface area contributed by atoms with Gasteiger partial charge in [-0.05, 0) is 6.92 Å². The monoisotopic (exact) mass is 144 g/mol. The smallest absolute Gasteiger partial charge is 0.308 e. The zero-order chi connectivity index (χ0) is 7.98. The van der Waals surface area contributed by atoms with Crippen LogP contribution in [0.25, 0.3) is 0 Å². The van der Waals surface area contributed by atoms with Gasteiger partial charge in [-0.25, -0.2) is 0 Å². The maximum absolute atomic E-state index is 10.6. The number of ether oxygens (including phenoxy) is 1. The fourth-order valence-corrected chi connectivity index (χ4v) is 0.452. The minimum atomic E-state index is -0.627. The van der Waals surface area contributed by atoms with Crippen molar-refractivity contribution in [1.82, 2.24) is 0 Å². The molecule has 0 spiro atoms. The summed E-state index contributed by atoms with van der Waals surface area (Å²) >= 11 is 0. The molecule has 0 aliphatic rings. The Hall–Kier alpha value is -0.830. The normalized spacial score (nSPS) is 12.2. The van der Waals surface area contributed by atoms with Crippen molar-refractivity contribution in [3.8, 4) is 0 Å². The summed E-state index contributed by atoms with van der Waals surface area (Å²) in [6, 6.07) is 0. The third-order valence-corrected chi connectivity index (χ3v) is 0.824. The molecular weight excluding hydrogens is 132 g/mol. The molecule has 0 saturated carbocycles. The fraction of sp³-hybridized carbons (Fsp3) is 0.571. The summed E-state index contributed by atoms with van der Waals surface area (Å²) in [6.07, 6.45) is 0.908. The Kier molecular flexibility index (Phi) is 4.58. The molecule has 0 amide bonds. The topological polar surface area (TPSA) is 46.5 Å². The molecule has 0 aromatic heterocycles. The molecule has 3 nitrogen and oxygen atoms in total. The molecule has 0 bridgehead atoms. The summed E-state index contributed by atoms with van der Waals surface area (Å²) in [4.78, 5) is 10.6. The van der Waals surface area contributed by atoms with E-state index in [1.165, 1.54) is 13.0 Å². The van der Waals surface area contributed by atoms with Crippen molar-refractivity contribution >= 4 is 5.97 Å². The number of aliphatic hydroxyl groups is 1. The molecule has 58 valence electrons. The third kappa shape index (κ3) is 5.31. The van der Waals surface area contributed by atoms with Crippen molar-refractivity contribution in [2.75, 3.05) is 6.61 Å². The zero-order valence-corrected chi connectivity index (χ0v) is 6.04. The first-order chi connectivity index (χ1) is 4.66. The van der Waals surface area contributed by atoms with Crippen LogP contribution in [0.3, 0.4) is 0 Å². The van der Waals surface area contributed by atoms with Crippen molar-refractivity contribution in [3.05, 3.63) is 12.7 Å². The number of carbonyl (C=O) groups is 1. The second-order valence-electron chi connectivity index (χ2n) is 2.02. The van der Waals surface area contributed by atoms with E-state index in [9.17, 15) is 4.79 Å². The van der Waals surface area contributed by atoms with Crippen LogP contribution in [0.15, 0.2) is 12.7 Å². The maximum atomic E-state index is 10.6. The van der Waals surface area contributed by atoms with Crippen LogP contribution in [0.2, 0.25) is 0 Å². The summed E-state index contributed by atoms with van der Waals surface area (Å²) in [5, 5.41) is 8.70. The molecule has 0 aromatic rings. The molecule has 0 aliphatic heterocycles. The fourth-order valence-electron chi connectivity index (χ4n) is 0.452. The van der Waals surface area contributed by atoms with Crippen LogP contribution in [-0.4, -0.2) is 23.8 Å². The number of carbonyl (C=O) groups excluding carboxylic acids is 1. The molecule has 0 fully saturated rings. The van der Waals surface area contributed by atoms with Crippen LogP contribution in [-0.2, 0) is 9.53 Å². The van der Waals surface area contributed by atoms with E-state index >= 15 is 0 Å². The molecule has 0 unspecified atom stereocenters. The Morgan fingerprint density at radius 1 is 1.90 bits per heavy atom. The van der Waals surface area contributed by atoms with Crippen molar-refractivity contribution in [1.29, 1.82) is 0 Å². The molecule has 0 aliphatic carbocycles. The lowest BCUT2D eigenvalue weighted by Crippen LogP contribution is -2.12. The van der Waals surface area contributed by atoms with Gasteiger partial charge < -0.3 is 9.84 Å². The van der Waals surface area contributed by atoms with Crippen LogP contribution in [0.5, 0.6) is 0 Å². The minimum absolute atomic E-state index is 0.0494. The van der Waals surface area contributed by atoms with Gasteiger partial charge in [-0.1, -0.05) is 12.7 Å². The second-order valence-corrected chi connectivity index (χ2v) is 2.02. The molecule has 3 heteroatoms. The Labute approximate surface area is 60.3 Å². The van der Waals surface area contributed by atoms with Crippen molar-refractivity contribution in [3.63, 3.8) is 0 Å². The molecule has 1 N–H and O–H groups in total. The average Bonchev–Trinajstić information content (AvgIpc) is 1.82. The van der Waals surface area contributed by atoms with Crippen LogP contribution in [0.1, 0.15) is 13.3 Å². The summed E-state index contributed by atoms with van der Waals surface area (Å²) in [6.45, 7) is 5.12. The van der Waals surface area contributed by atoms with Gasteiger partial charge in [-0.15, -0.1) is 0 Å². The van der Waals surface area contributed by atoms with Crippen molar-refractivity contribution in [2.45, 2.75) is 19.4 Å². The van der Waals surface area contributed by atoms with Crippen molar-refractivity contribution in [2.24, 2.45) is 0 Å². The summed E-state index contributed by atoms with van der Waals surface area (Å²) < 4.78 is 4.58. The number of aliphatic hydroxyl groups excluding tert-OH is 1. The first-order valence-corrected chi connectivity index (χ1v) is 3.11. The van der Waals surface area contributed by atoms with E-state index < -0.39 is 12.1 Å². The lowest BCUT2D eigenvalue weighted by Gasteiger charge is -2.02. The van der Waals surface area contributed by atoms with Gasteiger partial charge in [0.1, 0.15) is 6.61 Å². The maximum Gasteiger partial charge on any atom is 0.308 e. The van der Waals surface area contributed by atoms with Gasteiger partial charge in [0.2, 0.25) is 0 Å². The Bertz CT molecular complexity index is 118. The number of rotatable bonds is 4. The van der Waals surface area contributed by atoms with Crippen LogP contribution in [0, 0.1) is 0 Å². The highest BCUT2D eigenvalue weighted by Crippen LogP contribution is 1.92. The molecule has 0 rings (SSSR count). The SMILES string of the molecule is C=CCOC(=O)C[C@H](C)O. The largest absolute Gasteiger partial charge is 0.461 e. The van der Waals surface area contributed by atoms with Gasteiger partial charge in [0.05, 0.1) is 12.5 Å². The molecule has 0 saturated heterocycles. The summed E-state index contributed by atoms with van der Waals surface area (Å²) in [7, 11) is 0. The Balaban J connectivity index is 3.34. The molecule has 0 heterocycles. The van der Waals surface area contributed by atoms with Gasteiger partial charge >= 0.3 is 5.97 Å². The quantitative estimate of drug-likeness (QED) is 0.461. The average molecular weight is 144 g/mol. The highest BCUT2D eigenvalue weighted by molar-refractivity contribution is 5.69. The van der Waals surface area contributed by atoms with Crippen LogP contribution >= 0.6 is 0 Å². The molecule has 0 aromatic carbocycles. The summed E-state index contributed by atoms with van der Waals surface area (Å²) in [5.74, 6) is -0.394. The second kappa shape index (κ2) is 4.99. The standard InChI is InChI=1S/C7H12O3/c1-3-4-10-7(9)5-6(2)8/h3,6,8H,1,4-5H2,2H3/t6-/m0/s1. The predicted molar refractivity (Wildman–Crippen MR) is 37.5 cm³/mol. The molecule has 10 heavy (non-hydrogen) atoms. The van der Waals surface area contributed by atoms with Gasteiger partial charge in [0, 0.05) is 0 Å². The van der Waals surface area contributed by atoms with E-state index in [1.54, 1.807) is 0 Å². The lowest BCUT2D eigenvalue weighted by atomic mass is 10.3. The van der Waals surface area contributed by atoms with E-state index in [1.807, 2.05) is 0 Å². The number of hydrogen-bond acceptors (Lipinski definition) is 3. The molecule has 1 atom stereocenters. The minimum Gasteiger partial charge on any atom is -0.461 e. The molecular formula is C7H12O3. The Morgan fingerprint density at radius 2 is 2.50 bits per heavy atom. The number of hydrogen-bond donors (Lipinski definition) is 1. The number of esters is 1. The van der Waals surface area contributed by atoms with Gasteiger partial charge in [0.25, 0.3) is 0 Å². The first kappa shape index (κ1) is 9.17. The highest BCUT2D eigenvalue weighted by Gasteiger charge is 2.04. The third-order valence-electron chi connectivity index (χ3n) is 0.824. The highest BCUT2D eigenvalue weighted by atomic mass is 16.5. The van der Waals surface area contributed by atoms with Gasteiger partial charge in [-0.3, -0.25) is 4.79 Å². The van der Waals surface area contributed by atoms with Gasteiger partial charge in [0.15, 0.2) is 0 Å². The zero-order valence-electron chi connectivity index (χ0n) is 6.04. The van der Waals surface area contributed by atoms with E-state index in [0.29, 0.717) is 0 Å². The van der Waals surface area contributed by atoms with Crippen molar-refractivity contribution < 1.29 is 14.6 Å². The van der Waals surface area contributed by atoms with E-state index in [-0.39, 0.29) is 13.0 Å². The van der Waals surface area contributed by atoms with Gasteiger partial charge in [-0.2, -0.15) is 0 Å². The van der Waals surface area contributed by atoms with Crippen LogP contribution < -0.4 is 0 Å². The lowest BCUT2D eigenvalue weighted by molar-refractivity contribution is -0.144. The van der Waals surface area contributed by atoms with E-state index in [2.05, 4.69) is 11.3 Å². The molecule has 0 radical (unpaired) electrons. The summed E-state index contributed by atoms with van der Waals surface area (Å²) in [5.41, 5.74) is 0. The van der Waals surface area contributed by atoms with E-state index in [4.69, 9.17) is 5.11 Å². The van der Waals surface area contributed by atoms with Crippen LogP contribution in [0.4, 0.5) is 0 Å². The Morgan fingerprint density at radius 3 is 2.90 bits per heavy atom. The van der Waals surface area contributed by atoms with E-state index in [0.717, 1.165) is 0 Å².